The van der Waals surface area contributed by atoms with Gasteiger partial charge < -0.3 is 15.4 Å². The van der Waals surface area contributed by atoms with Gasteiger partial charge in [-0.25, -0.2) is 0 Å². The van der Waals surface area contributed by atoms with E-state index in [2.05, 4.69) is 17.6 Å². The fourth-order valence-corrected chi connectivity index (χ4v) is 2.36. The molecule has 0 saturated heterocycles. The van der Waals surface area contributed by atoms with Crippen LogP contribution in [0.25, 0.3) is 0 Å². The highest BCUT2D eigenvalue weighted by Gasteiger charge is 2.21. The molecular formula is C16H32N2O2. The number of amides is 1. The van der Waals surface area contributed by atoms with E-state index in [1.807, 2.05) is 20.8 Å². The zero-order valence-corrected chi connectivity index (χ0v) is 13.6. The summed E-state index contributed by atoms with van der Waals surface area (Å²) in [5, 5.41) is 6.29. The minimum atomic E-state index is -0.171. The van der Waals surface area contributed by atoms with Gasteiger partial charge in [-0.3, -0.25) is 4.79 Å². The first-order valence-corrected chi connectivity index (χ1v) is 8.11. The van der Waals surface area contributed by atoms with Crippen LogP contribution in [-0.4, -0.2) is 36.7 Å². The molecular weight excluding hydrogens is 252 g/mol. The lowest BCUT2D eigenvalue weighted by molar-refractivity contribution is -0.124. The van der Waals surface area contributed by atoms with Crippen LogP contribution in [0.4, 0.5) is 0 Å². The molecule has 1 saturated carbocycles. The Morgan fingerprint density at radius 3 is 2.55 bits per heavy atom. The van der Waals surface area contributed by atoms with Crippen LogP contribution in [0.2, 0.25) is 0 Å². The summed E-state index contributed by atoms with van der Waals surface area (Å²) in [6.45, 7) is 9.50. The summed E-state index contributed by atoms with van der Waals surface area (Å²) >= 11 is 0. The Kier molecular flexibility index (Phi) is 7.52. The highest BCUT2D eigenvalue weighted by Crippen LogP contribution is 2.19. The third-order valence-electron chi connectivity index (χ3n) is 4.20. The lowest BCUT2D eigenvalue weighted by Crippen LogP contribution is -2.51. The van der Waals surface area contributed by atoms with Crippen molar-refractivity contribution >= 4 is 5.91 Å². The maximum absolute atomic E-state index is 12.0. The zero-order valence-electron chi connectivity index (χ0n) is 13.6. The predicted octanol–water partition coefficient (Wildman–Crippen LogP) is 2.62. The van der Waals surface area contributed by atoms with Crippen LogP contribution < -0.4 is 10.6 Å². The van der Waals surface area contributed by atoms with Crippen molar-refractivity contribution in [2.24, 2.45) is 0 Å². The van der Waals surface area contributed by atoms with Crippen molar-refractivity contribution in [3.05, 3.63) is 0 Å². The molecule has 1 atom stereocenters. The van der Waals surface area contributed by atoms with Crippen molar-refractivity contribution in [1.82, 2.24) is 10.6 Å². The molecule has 0 bridgehead atoms. The molecule has 4 heteroatoms. The molecule has 0 spiro atoms. The maximum atomic E-state index is 12.0. The average molecular weight is 284 g/mol. The molecule has 0 aromatic carbocycles. The van der Waals surface area contributed by atoms with Gasteiger partial charge in [0.2, 0.25) is 5.91 Å². The SMILES string of the molecule is CCC(C)(C)NC(=O)C(C)NCCOC1CCCCC1. The van der Waals surface area contributed by atoms with Gasteiger partial charge in [-0.05, 0) is 40.0 Å². The van der Waals surface area contributed by atoms with E-state index in [-0.39, 0.29) is 17.5 Å². The van der Waals surface area contributed by atoms with Gasteiger partial charge in [-0.15, -0.1) is 0 Å². The number of hydrogen-bond acceptors (Lipinski definition) is 3. The van der Waals surface area contributed by atoms with Crippen LogP contribution in [0.1, 0.15) is 66.2 Å². The van der Waals surface area contributed by atoms with Crippen LogP contribution >= 0.6 is 0 Å². The van der Waals surface area contributed by atoms with Gasteiger partial charge >= 0.3 is 0 Å². The summed E-state index contributed by atoms with van der Waals surface area (Å²) < 4.78 is 5.84. The standard InChI is InChI=1S/C16H32N2O2/c1-5-16(3,4)18-15(19)13(2)17-11-12-20-14-9-7-6-8-10-14/h13-14,17H,5-12H2,1-4H3,(H,18,19). The molecule has 1 rings (SSSR count). The smallest absolute Gasteiger partial charge is 0.237 e. The molecule has 1 amide bonds. The van der Waals surface area contributed by atoms with Crippen LogP contribution in [0.15, 0.2) is 0 Å². The molecule has 118 valence electrons. The molecule has 0 aliphatic heterocycles. The van der Waals surface area contributed by atoms with E-state index in [1.165, 1.54) is 32.1 Å². The normalized spacial score (nSPS) is 18.8. The summed E-state index contributed by atoms with van der Waals surface area (Å²) in [6.07, 6.45) is 7.69. The number of nitrogens with one attached hydrogen (secondary N) is 2. The van der Waals surface area contributed by atoms with Gasteiger partial charge in [-0.1, -0.05) is 26.2 Å². The summed E-state index contributed by atoms with van der Waals surface area (Å²) in [6, 6.07) is -0.171. The second kappa shape index (κ2) is 8.63. The van der Waals surface area contributed by atoms with Crippen molar-refractivity contribution in [2.75, 3.05) is 13.2 Å². The average Bonchev–Trinajstić information content (AvgIpc) is 2.44. The molecule has 0 aromatic heterocycles. The van der Waals surface area contributed by atoms with Gasteiger partial charge in [0.1, 0.15) is 0 Å². The minimum Gasteiger partial charge on any atom is -0.377 e. The Bertz CT molecular complexity index is 286. The molecule has 1 unspecified atom stereocenters. The van der Waals surface area contributed by atoms with E-state index in [9.17, 15) is 4.79 Å². The fourth-order valence-electron chi connectivity index (χ4n) is 2.36. The molecule has 20 heavy (non-hydrogen) atoms. The largest absolute Gasteiger partial charge is 0.377 e. The summed E-state index contributed by atoms with van der Waals surface area (Å²) in [7, 11) is 0. The third-order valence-corrected chi connectivity index (χ3v) is 4.20. The van der Waals surface area contributed by atoms with Crippen LogP contribution in [-0.2, 0) is 9.53 Å². The summed E-state index contributed by atoms with van der Waals surface area (Å²) in [4.78, 5) is 12.0. The van der Waals surface area contributed by atoms with Crippen molar-refractivity contribution in [1.29, 1.82) is 0 Å². The highest BCUT2D eigenvalue weighted by atomic mass is 16.5. The number of ether oxygens (including phenoxy) is 1. The Morgan fingerprint density at radius 2 is 1.95 bits per heavy atom. The first-order valence-electron chi connectivity index (χ1n) is 8.11. The summed E-state index contributed by atoms with van der Waals surface area (Å²) in [5.74, 6) is 0.0644. The number of rotatable bonds is 8. The topological polar surface area (TPSA) is 50.4 Å². The van der Waals surface area contributed by atoms with Crippen molar-refractivity contribution in [2.45, 2.75) is 83.9 Å². The van der Waals surface area contributed by atoms with E-state index in [4.69, 9.17) is 4.74 Å². The molecule has 0 heterocycles. The van der Waals surface area contributed by atoms with E-state index in [0.717, 1.165) is 13.0 Å². The van der Waals surface area contributed by atoms with Crippen molar-refractivity contribution in [3.8, 4) is 0 Å². The van der Waals surface area contributed by atoms with Gasteiger partial charge in [0, 0.05) is 12.1 Å². The first-order chi connectivity index (χ1) is 9.44. The Morgan fingerprint density at radius 1 is 1.30 bits per heavy atom. The molecule has 4 nitrogen and oxygen atoms in total. The van der Waals surface area contributed by atoms with Crippen molar-refractivity contribution < 1.29 is 9.53 Å². The van der Waals surface area contributed by atoms with E-state index < -0.39 is 0 Å². The number of carbonyl (C=O) groups excluding carboxylic acids is 1. The monoisotopic (exact) mass is 284 g/mol. The lowest BCUT2D eigenvalue weighted by atomic mass is 9.98. The second-order valence-corrected chi connectivity index (χ2v) is 6.53. The number of hydrogen-bond donors (Lipinski definition) is 2. The lowest BCUT2D eigenvalue weighted by Gasteiger charge is -2.27. The number of carbonyl (C=O) groups is 1. The second-order valence-electron chi connectivity index (χ2n) is 6.53. The van der Waals surface area contributed by atoms with Gasteiger partial charge in [-0.2, -0.15) is 0 Å². The highest BCUT2D eigenvalue weighted by molar-refractivity contribution is 5.81. The van der Waals surface area contributed by atoms with Crippen LogP contribution in [0.5, 0.6) is 0 Å². The van der Waals surface area contributed by atoms with E-state index in [0.29, 0.717) is 12.7 Å². The molecule has 2 N–H and O–H groups in total. The predicted molar refractivity (Wildman–Crippen MR) is 82.8 cm³/mol. The van der Waals surface area contributed by atoms with Gasteiger partial charge in [0.15, 0.2) is 0 Å². The molecule has 1 aliphatic rings. The van der Waals surface area contributed by atoms with E-state index >= 15 is 0 Å². The summed E-state index contributed by atoms with van der Waals surface area (Å²) in [5.41, 5.74) is -0.133. The fraction of sp³-hybridized carbons (Fsp3) is 0.938. The molecule has 0 radical (unpaired) electrons. The van der Waals surface area contributed by atoms with Gasteiger partial charge in [0.05, 0.1) is 18.8 Å². The quantitative estimate of drug-likeness (QED) is 0.674. The Hall–Kier alpha value is -0.610. The Balaban J connectivity index is 2.12. The van der Waals surface area contributed by atoms with Gasteiger partial charge in [0.25, 0.3) is 0 Å². The van der Waals surface area contributed by atoms with Crippen molar-refractivity contribution in [3.63, 3.8) is 0 Å². The maximum Gasteiger partial charge on any atom is 0.237 e. The third kappa shape index (κ3) is 6.71. The first kappa shape index (κ1) is 17.4. The molecule has 0 aromatic rings. The molecule has 1 aliphatic carbocycles. The van der Waals surface area contributed by atoms with Crippen LogP contribution in [0.3, 0.4) is 0 Å². The molecule has 1 fully saturated rings. The van der Waals surface area contributed by atoms with E-state index in [1.54, 1.807) is 0 Å². The minimum absolute atomic E-state index is 0.0644. The zero-order chi connectivity index (χ0) is 15.0. The Labute approximate surface area is 124 Å². The van der Waals surface area contributed by atoms with Crippen LogP contribution in [0, 0.1) is 0 Å².